The minimum Gasteiger partial charge on any atom is -0.309 e. The van der Waals surface area contributed by atoms with Gasteiger partial charge in [-0.1, -0.05) is 66.7 Å². The van der Waals surface area contributed by atoms with Crippen LogP contribution in [0.5, 0.6) is 0 Å². The number of rotatable bonds is 11. The Morgan fingerprint density at radius 3 is 2.33 bits per heavy atom. The molecule has 0 fully saturated rings. The smallest absolute Gasteiger partial charge is 0.232 e. The Kier molecular flexibility index (Phi) is 12.3. The number of carbonyl (C=O) groups is 1. The number of halogens is 2. The van der Waals surface area contributed by atoms with E-state index in [1.54, 1.807) is 0 Å². The Hall–Kier alpha value is -0.736. The summed E-state index contributed by atoms with van der Waals surface area (Å²) in [5.74, 6) is -1.15. The van der Waals surface area contributed by atoms with Crippen LogP contribution in [-0.2, 0) is 26.5 Å². The summed E-state index contributed by atoms with van der Waals surface area (Å²) in [6.07, 6.45) is 6.88. The van der Waals surface area contributed by atoms with Crippen LogP contribution in [0.4, 0.5) is 14.5 Å². The van der Waals surface area contributed by atoms with Crippen molar-refractivity contribution in [2.24, 2.45) is 11.3 Å². The Balaban J connectivity index is 0.00000676. The average Bonchev–Trinajstić information content (AvgIpc) is 2.58. The molecule has 0 heterocycles. The monoisotopic (exact) mass is 414 g/mol. The second-order valence-electron chi connectivity index (χ2n) is 7.80. The number of unbranched alkanes of at least 4 members (excludes halogenated alkanes) is 1. The molecule has 1 rings (SSSR count). The summed E-state index contributed by atoms with van der Waals surface area (Å²) in [7, 11) is 0. The van der Waals surface area contributed by atoms with Gasteiger partial charge in [0.1, 0.15) is 5.82 Å². The summed E-state index contributed by atoms with van der Waals surface area (Å²) < 4.78 is 27.6. The van der Waals surface area contributed by atoms with E-state index in [9.17, 15) is 13.6 Å². The maximum atomic E-state index is 14.4. The summed E-state index contributed by atoms with van der Waals surface area (Å²) in [6, 6.07) is 4.59. The molecule has 0 aliphatic heterocycles. The fourth-order valence-electron chi connectivity index (χ4n) is 3.43. The van der Waals surface area contributed by atoms with Crippen molar-refractivity contribution in [2.75, 3.05) is 11.4 Å². The molecule has 1 atom stereocenters. The third-order valence-corrected chi connectivity index (χ3v) is 5.14. The van der Waals surface area contributed by atoms with Crippen molar-refractivity contribution in [3.8, 4) is 0 Å². The van der Waals surface area contributed by atoms with Gasteiger partial charge in [-0.15, -0.1) is 0 Å². The largest absolute Gasteiger partial charge is 0.309 e. The first-order valence-corrected chi connectivity index (χ1v) is 9.96. The summed E-state index contributed by atoms with van der Waals surface area (Å²) in [5, 5.41) is 0. The Labute approximate surface area is 179 Å². The molecule has 1 amide bonds. The number of carbonyl (C=O) groups excluding carboxylic acids is 1. The SMILES string of the molecule is CCCCC(CC)CCN(C(=O)C(C)(C)CCC)c1ccc(F)[c]c1F.[Ti]. The third kappa shape index (κ3) is 8.03. The molecule has 2 nitrogen and oxygen atoms in total. The van der Waals surface area contributed by atoms with Crippen molar-refractivity contribution >= 4 is 11.6 Å². The van der Waals surface area contributed by atoms with Gasteiger partial charge in [0.05, 0.1) is 11.8 Å². The summed E-state index contributed by atoms with van der Waals surface area (Å²) >= 11 is 0. The molecule has 1 unspecified atom stereocenters. The fraction of sp³-hybridized carbons (Fsp3) is 0.682. The van der Waals surface area contributed by atoms with Gasteiger partial charge in [-0.05, 0) is 30.9 Å². The summed E-state index contributed by atoms with van der Waals surface area (Å²) in [4.78, 5) is 14.7. The third-order valence-electron chi connectivity index (χ3n) is 5.14. The van der Waals surface area contributed by atoms with E-state index in [0.717, 1.165) is 44.9 Å². The van der Waals surface area contributed by atoms with Crippen LogP contribution in [0.3, 0.4) is 0 Å². The number of anilines is 1. The van der Waals surface area contributed by atoms with Crippen LogP contribution in [0.2, 0.25) is 0 Å². The molecule has 0 bridgehead atoms. The maximum absolute atomic E-state index is 14.4. The van der Waals surface area contributed by atoms with Crippen molar-refractivity contribution in [2.45, 2.75) is 79.6 Å². The van der Waals surface area contributed by atoms with Crippen molar-refractivity contribution in [1.29, 1.82) is 0 Å². The molecule has 1 radical (unpaired) electrons. The Bertz CT molecular complexity index is 577. The first-order chi connectivity index (χ1) is 12.3. The van der Waals surface area contributed by atoms with Crippen LogP contribution in [-0.4, -0.2) is 12.5 Å². The first-order valence-electron chi connectivity index (χ1n) is 9.96. The first kappa shape index (κ1) is 26.3. The van der Waals surface area contributed by atoms with E-state index < -0.39 is 17.0 Å². The number of benzene rings is 1. The van der Waals surface area contributed by atoms with Gasteiger partial charge in [-0.2, -0.15) is 0 Å². The van der Waals surface area contributed by atoms with Gasteiger partial charge in [-0.25, -0.2) is 8.78 Å². The zero-order chi connectivity index (χ0) is 19.7. The van der Waals surface area contributed by atoms with Crippen molar-refractivity contribution in [3.63, 3.8) is 0 Å². The van der Waals surface area contributed by atoms with Gasteiger partial charge >= 0.3 is 0 Å². The number of amides is 1. The van der Waals surface area contributed by atoms with Gasteiger partial charge in [0.2, 0.25) is 5.91 Å². The van der Waals surface area contributed by atoms with E-state index >= 15 is 0 Å². The molecule has 151 valence electrons. The quantitative estimate of drug-likeness (QED) is 0.377. The number of hydrogen-bond acceptors (Lipinski definition) is 1. The number of nitrogens with zero attached hydrogens (tertiary/aromatic N) is 1. The predicted octanol–water partition coefficient (Wildman–Crippen LogP) is 6.53. The minimum absolute atomic E-state index is 0. The summed E-state index contributed by atoms with van der Waals surface area (Å²) in [5.41, 5.74) is -0.452. The summed E-state index contributed by atoms with van der Waals surface area (Å²) in [6.45, 7) is 10.6. The normalized spacial score (nSPS) is 12.4. The predicted molar refractivity (Wildman–Crippen MR) is 104 cm³/mol. The zero-order valence-electron chi connectivity index (χ0n) is 17.5. The van der Waals surface area contributed by atoms with E-state index in [-0.39, 0.29) is 33.3 Å². The van der Waals surface area contributed by atoms with Gasteiger partial charge in [0, 0.05) is 33.7 Å². The second kappa shape index (κ2) is 12.7. The van der Waals surface area contributed by atoms with Gasteiger partial charge in [0.25, 0.3) is 0 Å². The van der Waals surface area contributed by atoms with Crippen LogP contribution in [0.1, 0.15) is 79.6 Å². The molecule has 0 aliphatic rings. The standard InChI is InChI=1S/C22H34F2NO.Ti/c1-6-9-10-17(8-3)13-15-25(21(26)22(4,5)14-7-2)20-12-11-18(23)16-19(20)24;/h11-12,17H,6-10,13-15H2,1-5H3;. The number of hydrogen-bond donors (Lipinski definition) is 0. The van der Waals surface area contributed by atoms with E-state index in [1.165, 1.54) is 17.0 Å². The molecule has 0 aromatic heterocycles. The van der Waals surface area contributed by atoms with Gasteiger partial charge in [-0.3, -0.25) is 4.79 Å². The van der Waals surface area contributed by atoms with Crippen LogP contribution in [0, 0.1) is 29.0 Å². The Morgan fingerprint density at radius 2 is 1.81 bits per heavy atom. The molecule has 1 aromatic rings. The minimum atomic E-state index is -0.799. The van der Waals surface area contributed by atoms with Crippen LogP contribution < -0.4 is 4.90 Å². The van der Waals surface area contributed by atoms with Gasteiger partial charge < -0.3 is 4.90 Å². The molecule has 5 heteroatoms. The molecular weight excluding hydrogens is 380 g/mol. The van der Waals surface area contributed by atoms with Gasteiger partial charge in [0.15, 0.2) is 5.82 Å². The molecule has 0 saturated carbocycles. The molecule has 0 N–H and O–H groups in total. The topological polar surface area (TPSA) is 20.3 Å². The fourth-order valence-corrected chi connectivity index (χ4v) is 3.43. The Morgan fingerprint density at radius 1 is 1.15 bits per heavy atom. The average molecular weight is 414 g/mol. The molecular formula is C22H34F2NOTi. The molecule has 0 aliphatic carbocycles. The van der Waals surface area contributed by atoms with E-state index in [2.05, 4.69) is 19.9 Å². The van der Waals surface area contributed by atoms with Crippen LogP contribution >= 0.6 is 0 Å². The maximum Gasteiger partial charge on any atom is 0.232 e. The second-order valence-corrected chi connectivity index (χ2v) is 7.80. The van der Waals surface area contributed by atoms with Crippen molar-refractivity contribution < 1.29 is 35.3 Å². The molecule has 0 spiro atoms. The molecule has 1 aromatic carbocycles. The van der Waals surface area contributed by atoms with E-state index in [4.69, 9.17) is 0 Å². The molecule has 27 heavy (non-hydrogen) atoms. The molecule has 0 saturated heterocycles. The van der Waals surface area contributed by atoms with Crippen LogP contribution in [0.15, 0.2) is 12.1 Å². The van der Waals surface area contributed by atoms with E-state index in [1.807, 2.05) is 20.8 Å². The van der Waals surface area contributed by atoms with Crippen molar-refractivity contribution in [1.82, 2.24) is 0 Å². The van der Waals surface area contributed by atoms with E-state index in [0.29, 0.717) is 12.5 Å². The zero-order valence-corrected chi connectivity index (χ0v) is 19.1. The van der Waals surface area contributed by atoms with Crippen LogP contribution in [0.25, 0.3) is 0 Å². The van der Waals surface area contributed by atoms with Crippen molar-refractivity contribution in [3.05, 3.63) is 29.8 Å².